The van der Waals surface area contributed by atoms with Gasteiger partial charge in [-0.05, 0) is 55.8 Å². The Hall–Kier alpha value is -3.92. The Morgan fingerprint density at radius 2 is 1.76 bits per heavy atom. The van der Waals surface area contributed by atoms with E-state index in [1.165, 1.54) is 17.0 Å². The molecule has 1 saturated heterocycles. The first-order valence-electron chi connectivity index (χ1n) is 12.6. The third kappa shape index (κ3) is 5.65. The quantitative estimate of drug-likeness (QED) is 0.560. The molecule has 2 aromatic carbocycles. The molecule has 3 amide bonds. The van der Waals surface area contributed by atoms with Crippen LogP contribution < -0.4 is 10.1 Å². The zero-order valence-corrected chi connectivity index (χ0v) is 22.1. The lowest BCUT2D eigenvalue weighted by atomic mass is 9.94. The van der Waals surface area contributed by atoms with Gasteiger partial charge in [0.2, 0.25) is 0 Å². The molecule has 2 aromatic rings. The average molecular weight is 525 g/mol. The monoisotopic (exact) mass is 524 g/mol. The number of likely N-dealkylation sites (N-methyl/N-ethyl adjacent to an activating group) is 1. The number of esters is 1. The third-order valence-electron chi connectivity index (χ3n) is 6.96. The topological polar surface area (TPSA) is 91.4 Å². The number of nitrogens with one attached hydrogen (secondary N) is 1. The molecule has 2 atom stereocenters. The van der Waals surface area contributed by atoms with Crippen molar-refractivity contribution in [2.24, 2.45) is 0 Å². The summed E-state index contributed by atoms with van der Waals surface area (Å²) in [5, 5.41) is 2.84. The minimum Gasteiger partial charge on any atom is -0.497 e. The first-order valence-corrected chi connectivity index (χ1v) is 12.6. The smallest absolute Gasteiger partial charge is 0.338 e. The molecule has 0 saturated carbocycles. The number of methoxy groups -OCH3 is 1. The number of nitrogens with zero attached hydrogens (tertiary/aromatic N) is 3. The Morgan fingerprint density at radius 1 is 1.08 bits per heavy atom. The van der Waals surface area contributed by atoms with Gasteiger partial charge in [0.1, 0.15) is 11.6 Å². The molecule has 2 aliphatic rings. The lowest BCUT2D eigenvalue weighted by Crippen LogP contribution is -2.56. The fraction of sp³-hybridized carbons (Fsp3) is 0.393. The van der Waals surface area contributed by atoms with E-state index in [1.807, 2.05) is 11.8 Å². The first kappa shape index (κ1) is 27.1. The van der Waals surface area contributed by atoms with Crippen molar-refractivity contribution in [2.75, 3.05) is 46.9 Å². The first-order chi connectivity index (χ1) is 18.2. The van der Waals surface area contributed by atoms with Gasteiger partial charge in [-0.3, -0.25) is 14.6 Å². The van der Waals surface area contributed by atoms with Gasteiger partial charge in [0, 0.05) is 50.5 Å². The minimum absolute atomic E-state index is 0.0585. The molecule has 9 nitrogen and oxygen atoms in total. The molecule has 2 unspecified atom stereocenters. The highest BCUT2D eigenvalue weighted by atomic mass is 19.1. The molecular weight excluding hydrogens is 491 g/mol. The van der Waals surface area contributed by atoms with Crippen molar-refractivity contribution in [3.63, 3.8) is 0 Å². The summed E-state index contributed by atoms with van der Waals surface area (Å²) in [5.74, 6) is -0.322. The Kier molecular flexibility index (Phi) is 8.31. The lowest BCUT2D eigenvalue weighted by Gasteiger charge is -2.42. The van der Waals surface area contributed by atoms with Crippen molar-refractivity contribution in [2.45, 2.75) is 25.9 Å². The van der Waals surface area contributed by atoms with Crippen LogP contribution in [0.25, 0.3) is 0 Å². The number of ether oxygens (including phenoxy) is 2. The lowest BCUT2D eigenvalue weighted by molar-refractivity contribution is -0.139. The van der Waals surface area contributed by atoms with Crippen LogP contribution in [-0.2, 0) is 9.53 Å². The molecule has 10 heteroatoms. The second-order valence-electron chi connectivity index (χ2n) is 9.39. The number of hydrogen-bond acceptors (Lipinski definition) is 6. The number of urea groups is 1. The summed E-state index contributed by atoms with van der Waals surface area (Å²) in [4.78, 5) is 44.6. The molecule has 0 radical (unpaired) electrons. The van der Waals surface area contributed by atoms with E-state index in [9.17, 15) is 18.8 Å². The highest BCUT2D eigenvalue weighted by molar-refractivity contribution is 5.95. The van der Waals surface area contributed by atoms with Gasteiger partial charge >= 0.3 is 12.0 Å². The molecule has 0 bridgehead atoms. The number of hydrogen-bond donors (Lipinski definition) is 1. The summed E-state index contributed by atoms with van der Waals surface area (Å²) in [6, 6.07) is 11.5. The number of amides is 3. The molecule has 0 aromatic heterocycles. The van der Waals surface area contributed by atoms with E-state index in [4.69, 9.17) is 9.47 Å². The van der Waals surface area contributed by atoms with Crippen LogP contribution >= 0.6 is 0 Å². The molecular formula is C28H33FN4O5. The second kappa shape index (κ2) is 11.6. The van der Waals surface area contributed by atoms with Crippen LogP contribution in [0.15, 0.2) is 59.8 Å². The number of carbonyl (C=O) groups is 3. The molecule has 0 aliphatic carbocycles. The maximum absolute atomic E-state index is 13.6. The maximum atomic E-state index is 13.6. The van der Waals surface area contributed by atoms with Crippen molar-refractivity contribution in [1.82, 2.24) is 20.0 Å². The van der Waals surface area contributed by atoms with Crippen LogP contribution in [0.4, 0.5) is 9.18 Å². The largest absolute Gasteiger partial charge is 0.497 e. The van der Waals surface area contributed by atoms with Crippen LogP contribution in [0.5, 0.6) is 5.75 Å². The number of halogens is 1. The van der Waals surface area contributed by atoms with Gasteiger partial charge < -0.3 is 19.7 Å². The zero-order valence-electron chi connectivity index (χ0n) is 22.1. The van der Waals surface area contributed by atoms with E-state index in [1.54, 1.807) is 57.5 Å². The van der Waals surface area contributed by atoms with Crippen molar-refractivity contribution >= 4 is 17.9 Å². The summed E-state index contributed by atoms with van der Waals surface area (Å²) in [6.45, 7) is 5.78. The van der Waals surface area contributed by atoms with Crippen LogP contribution in [0, 0.1) is 5.82 Å². The van der Waals surface area contributed by atoms with Gasteiger partial charge in [0.25, 0.3) is 5.91 Å². The Morgan fingerprint density at radius 3 is 2.37 bits per heavy atom. The highest BCUT2D eigenvalue weighted by Crippen LogP contribution is 2.32. The summed E-state index contributed by atoms with van der Waals surface area (Å²) >= 11 is 0. The van der Waals surface area contributed by atoms with E-state index >= 15 is 0 Å². The summed E-state index contributed by atoms with van der Waals surface area (Å²) in [5.41, 5.74) is 1.99. The Labute approximate surface area is 221 Å². The van der Waals surface area contributed by atoms with Gasteiger partial charge in [-0.25, -0.2) is 14.0 Å². The van der Waals surface area contributed by atoms with Crippen molar-refractivity contribution < 1.29 is 28.2 Å². The van der Waals surface area contributed by atoms with Gasteiger partial charge in [-0.15, -0.1) is 0 Å². The summed E-state index contributed by atoms with van der Waals surface area (Å²) < 4.78 is 24.1. The maximum Gasteiger partial charge on any atom is 0.338 e. The third-order valence-corrected chi connectivity index (χ3v) is 6.96. The van der Waals surface area contributed by atoms with E-state index in [-0.39, 0.29) is 24.6 Å². The molecule has 202 valence electrons. The summed E-state index contributed by atoms with van der Waals surface area (Å²) in [6.07, 6.45) is 0. The fourth-order valence-electron chi connectivity index (χ4n) is 4.89. The number of piperazine rings is 1. The van der Waals surface area contributed by atoms with Crippen LogP contribution in [0.1, 0.15) is 35.8 Å². The number of benzene rings is 2. The Bertz CT molecular complexity index is 1210. The van der Waals surface area contributed by atoms with E-state index in [0.29, 0.717) is 54.3 Å². The average Bonchev–Trinajstić information content (AvgIpc) is 2.91. The number of carbonyl (C=O) groups excluding carboxylic acids is 3. The summed E-state index contributed by atoms with van der Waals surface area (Å²) in [7, 11) is 3.19. The molecule has 1 N–H and O–H groups in total. The molecule has 2 aliphatic heterocycles. The van der Waals surface area contributed by atoms with E-state index in [2.05, 4.69) is 10.2 Å². The Balaban J connectivity index is 1.57. The highest BCUT2D eigenvalue weighted by Gasteiger charge is 2.38. The van der Waals surface area contributed by atoms with Crippen molar-refractivity contribution in [1.29, 1.82) is 0 Å². The standard InChI is InChI=1S/C28H33FN4O5/c1-5-38-27(35)24-23(31(3)28(36)30-25(24)19-6-10-21(29)11-7-19)17-32-14-15-33(18(2)16-32)26(34)20-8-12-22(37-4)13-9-20/h6-13,18,25H,5,14-17H2,1-4H3,(H,30,36). The minimum atomic E-state index is -0.774. The van der Waals surface area contributed by atoms with Crippen LogP contribution in [-0.4, -0.2) is 85.6 Å². The normalized spacial score (nSPS) is 20.3. The van der Waals surface area contributed by atoms with Crippen molar-refractivity contribution in [3.8, 4) is 5.75 Å². The van der Waals surface area contributed by atoms with Gasteiger partial charge in [0.05, 0.1) is 25.3 Å². The predicted molar refractivity (Wildman–Crippen MR) is 139 cm³/mol. The predicted octanol–water partition coefficient (Wildman–Crippen LogP) is 3.19. The number of rotatable bonds is 7. The van der Waals surface area contributed by atoms with Gasteiger partial charge in [-0.1, -0.05) is 12.1 Å². The van der Waals surface area contributed by atoms with E-state index < -0.39 is 17.8 Å². The van der Waals surface area contributed by atoms with Gasteiger partial charge in [-0.2, -0.15) is 0 Å². The van der Waals surface area contributed by atoms with Crippen molar-refractivity contribution in [3.05, 3.63) is 76.7 Å². The van der Waals surface area contributed by atoms with Gasteiger partial charge in [0.15, 0.2) is 0 Å². The second-order valence-corrected chi connectivity index (χ2v) is 9.39. The molecule has 4 rings (SSSR count). The molecule has 38 heavy (non-hydrogen) atoms. The molecule has 2 heterocycles. The van der Waals surface area contributed by atoms with Crippen LogP contribution in [0.3, 0.4) is 0 Å². The molecule has 0 spiro atoms. The van der Waals surface area contributed by atoms with E-state index in [0.717, 1.165) is 0 Å². The fourth-order valence-corrected chi connectivity index (χ4v) is 4.89. The van der Waals surface area contributed by atoms with Crippen LogP contribution in [0.2, 0.25) is 0 Å². The molecule has 1 fully saturated rings. The zero-order chi connectivity index (χ0) is 27.4. The SMILES string of the molecule is CCOC(=O)C1=C(CN2CCN(C(=O)c3ccc(OC)cc3)C(C)C2)N(C)C(=O)NC1c1ccc(F)cc1.